The van der Waals surface area contributed by atoms with Crippen LogP contribution in [0.25, 0.3) is 0 Å². The van der Waals surface area contributed by atoms with Gasteiger partial charge in [0.25, 0.3) is 0 Å². The Morgan fingerprint density at radius 1 is 1.69 bits per heavy atom. The molecular formula is C7H5BrN4O. The fourth-order valence-electron chi connectivity index (χ4n) is 0.677. The van der Waals surface area contributed by atoms with Crippen molar-refractivity contribution in [3.8, 4) is 6.07 Å². The van der Waals surface area contributed by atoms with Crippen molar-refractivity contribution in [3.63, 3.8) is 0 Å². The molecule has 0 saturated carbocycles. The average Bonchev–Trinajstić information content (AvgIpc) is 2.16. The highest BCUT2D eigenvalue weighted by Gasteiger charge is 2.00. The Bertz CT molecular complexity index is 371. The second kappa shape index (κ2) is 4.54. The van der Waals surface area contributed by atoms with Crippen LogP contribution in [-0.2, 0) is 0 Å². The van der Waals surface area contributed by atoms with Crippen molar-refractivity contribution in [1.82, 2.24) is 10.5 Å². The molecular weight excluding hydrogens is 236 g/mol. The molecule has 0 radical (unpaired) electrons. The van der Waals surface area contributed by atoms with Gasteiger partial charge in [-0.15, -0.1) is 0 Å². The third-order valence-corrected chi connectivity index (χ3v) is 1.83. The van der Waals surface area contributed by atoms with E-state index < -0.39 is 0 Å². The summed E-state index contributed by atoms with van der Waals surface area (Å²) >= 11 is 3.16. The number of aliphatic imine (C=N–C) groups is 1. The predicted octanol–water partition coefficient (Wildman–Crippen LogP) is 1.35. The van der Waals surface area contributed by atoms with E-state index in [2.05, 4.69) is 25.9 Å². The fourth-order valence-corrected chi connectivity index (χ4v) is 0.987. The molecule has 1 heterocycles. The summed E-state index contributed by atoms with van der Waals surface area (Å²) in [5.41, 5.74) is 2.00. The molecule has 0 spiro atoms. The van der Waals surface area contributed by atoms with Crippen LogP contribution in [0, 0.1) is 11.3 Å². The molecule has 0 aromatic carbocycles. The van der Waals surface area contributed by atoms with Crippen molar-refractivity contribution in [2.75, 3.05) is 0 Å². The highest BCUT2D eigenvalue weighted by Crippen LogP contribution is 2.17. The lowest BCUT2D eigenvalue weighted by Crippen LogP contribution is -2.01. The zero-order valence-electron chi connectivity index (χ0n) is 6.40. The lowest BCUT2D eigenvalue weighted by Gasteiger charge is -1.95. The van der Waals surface area contributed by atoms with Gasteiger partial charge < -0.3 is 0 Å². The first kappa shape index (κ1) is 9.64. The normalized spacial score (nSPS) is 9.92. The van der Waals surface area contributed by atoms with Crippen LogP contribution in [0.4, 0.5) is 5.82 Å². The first-order chi connectivity index (χ1) is 6.27. The summed E-state index contributed by atoms with van der Waals surface area (Å²) in [6, 6.07) is 5.17. The Kier molecular flexibility index (Phi) is 3.37. The number of pyridine rings is 1. The second-order valence-corrected chi connectivity index (χ2v) is 2.85. The molecule has 0 fully saturated rings. The molecule has 0 bridgehead atoms. The van der Waals surface area contributed by atoms with E-state index >= 15 is 0 Å². The lowest BCUT2D eigenvalue weighted by molar-refractivity contribution is 0.240. The molecule has 0 aliphatic heterocycles. The van der Waals surface area contributed by atoms with Crippen molar-refractivity contribution >= 4 is 28.1 Å². The van der Waals surface area contributed by atoms with Crippen LogP contribution < -0.4 is 5.48 Å². The highest BCUT2D eigenvalue weighted by molar-refractivity contribution is 9.10. The van der Waals surface area contributed by atoms with Crippen molar-refractivity contribution in [2.24, 2.45) is 4.99 Å². The maximum absolute atomic E-state index is 8.61. The van der Waals surface area contributed by atoms with E-state index in [0.717, 1.165) is 6.34 Å². The van der Waals surface area contributed by atoms with Gasteiger partial charge in [0.05, 0.1) is 4.47 Å². The maximum Gasteiger partial charge on any atom is 0.157 e. The molecule has 0 aliphatic carbocycles. The molecule has 66 valence electrons. The van der Waals surface area contributed by atoms with Gasteiger partial charge in [-0.2, -0.15) is 5.26 Å². The minimum absolute atomic E-state index is 0.257. The van der Waals surface area contributed by atoms with E-state index in [1.165, 1.54) is 0 Å². The number of hydrogen-bond acceptors (Lipinski definition) is 4. The van der Waals surface area contributed by atoms with Crippen molar-refractivity contribution in [2.45, 2.75) is 0 Å². The van der Waals surface area contributed by atoms with E-state index in [0.29, 0.717) is 10.3 Å². The Morgan fingerprint density at radius 2 is 2.46 bits per heavy atom. The van der Waals surface area contributed by atoms with Crippen LogP contribution in [0.3, 0.4) is 0 Å². The Labute approximate surface area is 82.8 Å². The van der Waals surface area contributed by atoms with Gasteiger partial charge in [0.15, 0.2) is 11.5 Å². The van der Waals surface area contributed by atoms with Crippen LogP contribution in [-0.4, -0.2) is 16.5 Å². The van der Waals surface area contributed by atoms with Gasteiger partial charge in [0.1, 0.15) is 12.4 Å². The van der Waals surface area contributed by atoms with Crippen LogP contribution in [0.1, 0.15) is 5.69 Å². The molecule has 0 amide bonds. The number of nitrogens with one attached hydrogen (secondary N) is 1. The molecule has 0 atom stereocenters. The topological polar surface area (TPSA) is 81.3 Å². The van der Waals surface area contributed by atoms with Gasteiger partial charge in [-0.1, -0.05) is 0 Å². The molecule has 2 N–H and O–H groups in total. The molecule has 13 heavy (non-hydrogen) atoms. The smallest absolute Gasteiger partial charge is 0.157 e. The van der Waals surface area contributed by atoms with Gasteiger partial charge in [-0.25, -0.2) is 9.98 Å². The zero-order valence-corrected chi connectivity index (χ0v) is 7.98. The number of hydrogen-bond donors (Lipinski definition) is 2. The number of halogens is 1. The third kappa shape index (κ3) is 2.50. The zero-order chi connectivity index (χ0) is 9.68. The summed E-state index contributed by atoms with van der Waals surface area (Å²) < 4.78 is 0.617. The summed E-state index contributed by atoms with van der Waals surface area (Å²) in [6.45, 7) is 0. The predicted molar refractivity (Wildman–Crippen MR) is 49.7 cm³/mol. The number of hydroxylamine groups is 1. The summed E-state index contributed by atoms with van der Waals surface area (Å²) in [5, 5.41) is 16.8. The average molecular weight is 241 g/mol. The summed E-state index contributed by atoms with van der Waals surface area (Å²) in [4.78, 5) is 7.58. The van der Waals surface area contributed by atoms with Crippen LogP contribution in [0.5, 0.6) is 0 Å². The minimum atomic E-state index is 0.257. The molecule has 1 aromatic rings. The SMILES string of the molecule is N#Cc1nc(N=CNO)ccc1Br. The molecule has 1 aromatic heterocycles. The first-order valence-corrected chi connectivity index (χ1v) is 4.06. The fraction of sp³-hybridized carbons (Fsp3) is 0. The van der Waals surface area contributed by atoms with E-state index in [4.69, 9.17) is 10.5 Å². The molecule has 1 rings (SSSR count). The Hall–Kier alpha value is -1.45. The summed E-state index contributed by atoms with van der Waals surface area (Å²) in [5.74, 6) is 0.348. The summed E-state index contributed by atoms with van der Waals surface area (Å²) in [7, 11) is 0. The number of rotatable bonds is 2. The van der Waals surface area contributed by atoms with E-state index in [1.54, 1.807) is 17.6 Å². The molecule has 0 aliphatic rings. The molecule has 0 saturated heterocycles. The maximum atomic E-state index is 8.61. The van der Waals surface area contributed by atoms with Crippen molar-refractivity contribution < 1.29 is 5.21 Å². The van der Waals surface area contributed by atoms with E-state index in [-0.39, 0.29) is 5.69 Å². The van der Waals surface area contributed by atoms with Gasteiger partial charge in [0.2, 0.25) is 0 Å². The van der Waals surface area contributed by atoms with Crippen LogP contribution >= 0.6 is 15.9 Å². The van der Waals surface area contributed by atoms with Gasteiger partial charge in [-0.05, 0) is 28.1 Å². The largest absolute Gasteiger partial charge is 0.290 e. The van der Waals surface area contributed by atoms with Gasteiger partial charge in [0, 0.05) is 0 Å². The molecule has 5 nitrogen and oxygen atoms in total. The van der Waals surface area contributed by atoms with Crippen LogP contribution in [0.15, 0.2) is 21.6 Å². The number of nitriles is 1. The quantitative estimate of drug-likeness (QED) is 0.465. The van der Waals surface area contributed by atoms with Crippen molar-refractivity contribution in [3.05, 3.63) is 22.3 Å². The van der Waals surface area contributed by atoms with E-state index in [9.17, 15) is 0 Å². The number of nitrogens with zero attached hydrogens (tertiary/aromatic N) is 3. The summed E-state index contributed by atoms with van der Waals surface area (Å²) in [6.07, 6.45) is 1.07. The molecule has 0 unspecified atom stereocenters. The highest BCUT2D eigenvalue weighted by atomic mass is 79.9. The van der Waals surface area contributed by atoms with E-state index in [1.807, 2.05) is 6.07 Å². The second-order valence-electron chi connectivity index (χ2n) is 2.00. The van der Waals surface area contributed by atoms with Crippen molar-refractivity contribution in [1.29, 1.82) is 5.26 Å². The Morgan fingerprint density at radius 3 is 3.08 bits per heavy atom. The minimum Gasteiger partial charge on any atom is -0.290 e. The van der Waals surface area contributed by atoms with Gasteiger partial charge in [-0.3, -0.25) is 10.7 Å². The molecule has 6 heteroatoms. The monoisotopic (exact) mass is 240 g/mol. The first-order valence-electron chi connectivity index (χ1n) is 3.26. The Balaban J connectivity index is 3.01. The number of aromatic nitrogens is 1. The lowest BCUT2D eigenvalue weighted by atomic mass is 10.4. The standard InChI is InChI=1S/C7H5BrN4O/c8-5-1-2-7(10-4-11-13)12-6(5)3-9/h1-2,4,13H,(H,10,11,12). The third-order valence-electron chi connectivity index (χ3n) is 1.19. The van der Waals surface area contributed by atoms with Gasteiger partial charge >= 0.3 is 0 Å². The van der Waals surface area contributed by atoms with Crippen LogP contribution in [0.2, 0.25) is 0 Å².